The van der Waals surface area contributed by atoms with Gasteiger partial charge in [-0.15, -0.1) is 0 Å². The van der Waals surface area contributed by atoms with Crippen LogP contribution in [0, 0.1) is 5.92 Å². The summed E-state index contributed by atoms with van der Waals surface area (Å²) in [5.41, 5.74) is 0. The Morgan fingerprint density at radius 3 is 0.660 bits per heavy atom. The molecule has 0 rings (SSSR count). The van der Waals surface area contributed by atoms with Gasteiger partial charge in [0.05, 0.1) is 26.4 Å². The van der Waals surface area contributed by atoms with Crippen molar-refractivity contribution in [2.45, 2.75) is 470 Å². The number of phosphoric ester groups is 2. The van der Waals surface area contributed by atoms with Crippen molar-refractivity contribution in [3.8, 4) is 0 Å². The summed E-state index contributed by atoms with van der Waals surface area (Å²) in [7, 11) is -9.92. The Kier molecular flexibility index (Phi) is 75.4. The summed E-state index contributed by atoms with van der Waals surface area (Å²) >= 11 is 0. The van der Waals surface area contributed by atoms with Crippen LogP contribution in [0.3, 0.4) is 0 Å². The Balaban J connectivity index is 5.18. The van der Waals surface area contributed by atoms with Crippen LogP contribution in [0.4, 0.5) is 0 Å². The van der Waals surface area contributed by atoms with Crippen LogP contribution in [-0.4, -0.2) is 96.7 Å². The zero-order chi connectivity index (χ0) is 75.5. The van der Waals surface area contributed by atoms with E-state index in [1.807, 2.05) is 0 Å². The van der Waals surface area contributed by atoms with E-state index in [-0.39, 0.29) is 25.7 Å². The SMILES string of the molecule is CCCCCCCCCCCCCCCCCCCCCCCC(=O)OC[C@H](COP(=O)(O)OC[C@@H](O)COP(=O)(O)OC[C@@H](COC(=O)CCCCCCCCCC(C)C)OC(=O)CCCCCCCCCCCCC)OC(=O)CCCCCCCCCCCCCCCCCCCCCCC. The average Bonchev–Trinajstić information content (AvgIpc) is 1.04. The number of phosphoric acid groups is 2. The van der Waals surface area contributed by atoms with E-state index in [0.29, 0.717) is 31.6 Å². The van der Waals surface area contributed by atoms with Crippen LogP contribution in [0.2, 0.25) is 0 Å². The minimum Gasteiger partial charge on any atom is -0.462 e. The Labute approximate surface area is 632 Å². The van der Waals surface area contributed by atoms with Gasteiger partial charge in [0.1, 0.15) is 19.3 Å². The van der Waals surface area contributed by atoms with Crippen LogP contribution in [-0.2, 0) is 65.4 Å². The van der Waals surface area contributed by atoms with E-state index >= 15 is 0 Å². The lowest BCUT2D eigenvalue weighted by atomic mass is 10.0. The second-order valence-corrected chi connectivity index (χ2v) is 33.6. The Hall–Kier alpha value is -1.94. The molecule has 0 spiro atoms. The fourth-order valence-corrected chi connectivity index (χ4v) is 14.7. The molecule has 5 atom stereocenters. The van der Waals surface area contributed by atoms with E-state index in [0.717, 1.165) is 96.3 Å². The van der Waals surface area contributed by atoms with Crippen molar-refractivity contribution in [2.24, 2.45) is 5.92 Å². The summed E-state index contributed by atoms with van der Waals surface area (Å²) in [6, 6.07) is 0. The number of aliphatic hydroxyl groups excluding tert-OH is 1. The number of esters is 4. The first-order valence-corrected chi connectivity index (χ1v) is 46.6. The molecule has 0 fully saturated rings. The van der Waals surface area contributed by atoms with Gasteiger partial charge in [-0.05, 0) is 31.6 Å². The smallest absolute Gasteiger partial charge is 0.462 e. The average molecular weight is 1510 g/mol. The molecule has 0 heterocycles. The molecule has 612 valence electrons. The highest BCUT2D eigenvalue weighted by atomic mass is 31.2. The fraction of sp³-hybridized carbons (Fsp3) is 0.952. The highest BCUT2D eigenvalue weighted by molar-refractivity contribution is 7.47. The lowest BCUT2D eigenvalue weighted by molar-refractivity contribution is -0.161. The van der Waals surface area contributed by atoms with Crippen molar-refractivity contribution < 1.29 is 80.2 Å². The van der Waals surface area contributed by atoms with Gasteiger partial charge >= 0.3 is 39.5 Å². The van der Waals surface area contributed by atoms with E-state index < -0.39 is 97.5 Å². The predicted molar refractivity (Wildman–Crippen MR) is 423 cm³/mol. The molecular weight excluding hydrogens is 1340 g/mol. The van der Waals surface area contributed by atoms with Crippen LogP contribution in [0.1, 0.15) is 452 Å². The third-order valence-electron chi connectivity index (χ3n) is 19.8. The van der Waals surface area contributed by atoms with E-state index in [2.05, 4.69) is 34.6 Å². The minimum atomic E-state index is -4.96. The van der Waals surface area contributed by atoms with Crippen LogP contribution in [0.5, 0.6) is 0 Å². The normalized spacial score (nSPS) is 13.8. The van der Waals surface area contributed by atoms with Crippen LogP contribution in [0.15, 0.2) is 0 Å². The topological polar surface area (TPSA) is 237 Å². The molecule has 0 aliphatic rings. The molecule has 17 nitrogen and oxygen atoms in total. The Morgan fingerprint density at radius 2 is 0.447 bits per heavy atom. The van der Waals surface area contributed by atoms with Gasteiger partial charge in [-0.1, -0.05) is 401 Å². The molecule has 103 heavy (non-hydrogen) atoms. The zero-order valence-corrected chi connectivity index (χ0v) is 69.3. The monoisotopic (exact) mass is 1510 g/mol. The van der Waals surface area contributed by atoms with Gasteiger partial charge in [-0.3, -0.25) is 37.3 Å². The van der Waals surface area contributed by atoms with Crippen molar-refractivity contribution in [1.82, 2.24) is 0 Å². The molecule has 0 aromatic rings. The lowest BCUT2D eigenvalue weighted by Gasteiger charge is -2.21. The van der Waals surface area contributed by atoms with Crippen molar-refractivity contribution in [3.63, 3.8) is 0 Å². The van der Waals surface area contributed by atoms with Gasteiger partial charge < -0.3 is 33.8 Å². The van der Waals surface area contributed by atoms with Crippen molar-refractivity contribution in [1.29, 1.82) is 0 Å². The molecule has 0 radical (unpaired) electrons. The molecule has 19 heteroatoms. The van der Waals surface area contributed by atoms with Gasteiger partial charge in [-0.25, -0.2) is 9.13 Å². The number of rotatable bonds is 84. The summed E-state index contributed by atoms with van der Waals surface area (Å²) in [5, 5.41) is 10.6. The van der Waals surface area contributed by atoms with Crippen molar-refractivity contribution >= 4 is 39.5 Å². The maximum Gasteiger partial charge on any atom is 0.472 e. The first kappa shape index (κ1) is 101. The summed E-state index contributed by atoms with van der Waals surface area (Å²) in [6.45, 7) is 7.28. The number of hydrogen-bond donors (Lipinski definition) is 3. The molecule has 2 unspecified atom stereocenters. The first-order valence-electron chi connectivity index (χ1n) is 43.6. The van der Waals surface area contributed by atoms with Crippen LogP contribution >= 0.6 is 15.6 Å². The number of ether oxygens (including phenoxy) is 4. The van der Waals surface area contributed by atoms with Gasteiger partial charge in [0.15, 0.2) is 12.2 Å². The summed E-state index contributed by atoms with van der Waals surface area (Å²) in [5.74, 6) is -1.40. The largest absolute Gasteiger partial charge is 0.472 e. The van der Waals surface area contributed by atoms with E-state index in [9.17, 15) is 43.2 Å². The second-order valence-electron chi connectivity index (χ2n) is 30.7. The Morgan fingerprint density at radius 1 is 0.262 bits per heavy atom. The van der Waals surface area contributed by atoms with Gasteiger partial charge in [-0.2, -0.15) is 0 Å². The summed E-state index contributed by atoms with van der Waals surface area (Å²) in [4.78, 5) is 73.0. The summed E-state index contributed by atoms with van der Waals surface area (Å²) in [6.07, 6.45) is 69.7. The first-order chi connectivity index (χ1) is 50.0. The van der Waals surface area contributed by atoms with E-state index in [1.54, 1.807) is 0 Å². The maximum absolute atomic E-state index is 13.1. The van der Waals surface area contributed by atoms with Crippen molar-refractivity contribution in [3.05, 3.63) is 0 Å². The van der Waals surface area contributed by atoms with E-state index in [1.165, 1.54) is 270 Å². The molecule has 3 N–H and O–H groups in total. The molecule has 0 saturated carbocycles. The highest BCUT2D eigenvalue weighted by Gasteiger charge is 2.30. The standard InChI is InChI=1S/C84H164O17P2/c1-6-9-12-15-18-21-24-26-28-30-32-34-36-38-40-42-45-47-52-57-62-67-81(86)94-73-79(100-84(89)70-65-60-54-49-46-43-41-39-37-35-33-31-29-27-25-22-19-16-13-10-7-2)75-98-102(90,91)96-71-78(85)72-97-103(92,93)99-76-80(74-95-82(87)68-63-58-55-50-51-56-61-66-77(4)5)101-83(88)69-64-59-53-48-44-23-20-17-14-11-8-3/h77-80,85H,6-76H2,1-5H3,(H,90,91)(H,92,93)/t78-,79-,80-/m1/s1. The third-order valence-corrected chi connectivity index (χ3v) is 21.7. The number of carbonyl (C=O) groups is 4. The highest BCUT2D eigenvalue weighted by Crippen LogP contribution is 2.45. The molecule has 0 aliphatic heterocycles. The van der Waals surface area contributed by atoms with Crippen molar-refractivity contribution in [2.75, 3.05) is 39.6 Å². The molecule has 0 saturated heterocycles. The summed E-state index contributed by atoms with van der Waals surface area (Å²) < 4.78 is 68.7. The van der Waals surface area contributed by atoms with Crippen LogP contribution < -0.4 is 0 Å². The second kappa shape index (κ2) is 76.8. The number of carbonyl (C=O) groups excluding carboxylic acids is 4. The number of unbranched alkanes of at least 4 members (excludes halogenated alkanes) is 56. The van der Waals surface area contributed by atoms with Gasteiger partial charge in [0.2, 0.25) is 0 Å². The van der Waals surface area contributed by atoms with Crippen LogP contribution in [0.25, 0.3) is 0 Å². The molecular formula is C84H164O17P2. The molecule has 0 bridgehead atoms. The predicted octanol–water partition coefficient (Wildman–Crippen LogP) is 25.6. The minimum absolute atomic E-state index is 0.107. The fourth-order valence-electron chi connectivity index (χ4n) is 13.1. The quantitative estimate of drug-likeness (QED) is 0.0222. The lowest BCUT2D eigenvalue weighted by Crippen LogP contribution is -2.30. The molecule has 0 amide bonds. The molecule has 0 aromatic heterocycles. The zero-order valence-electron chi connectivity index (χ0n) is 67.5. The molecule has 0 aliphatic carbocycles. The maximum atomic E-state index is 13.1. The Bertz CT molecular complexity index is 1960. The number of hydrogen-bond acceptors (Lipinski definition) is 15. The third kappa shape index (κ3) is 78.0. The molecule has 0 aromatic carbocycles. The number of aliphatic hydroxyl groups is 1. The van der Waals surface area contributed by atoms with E-state index in [4.69, 9.17) is 37.0 Å². The van der Waals surface area contributed by atoms with Gasteiger partial charge in [0, 0.05) is 25.7 Å². The van der Waals surface area contributed by atoms with Gasteiger partial charge in [0.25, 0.3) is 0 Å².